The van der Waals surface area contributed by atoms with Gasteiger partial charge in [0.15, 0.2) is 0 Å². The van der Waals surface area contributed by atoms with E-state index in [0.29, 0.717) is 11.5 Å². The van der Waals surface area contributed by atoms with E-state index in [1.807, 2.05) is 0 Å². The van der Waals surface area contributed by atoms with Crippen LogP contribution in [0.25, 0.3) is 0 Å². The fraction of sp³-hybridized carbons (Fsp3) is 0.917. The third-order valence-corrected chi connectivity index (χ3v) is 4.03. The van der Waals surface area contributed by atoms with Crippen molar-refractivity contribution >= 4 is 5.84 Å². The fourth-order valence-corrected chi connectivity index (χ4v) is 2.53. The van der Waals surface area contributed by atoms with Crippen molar-refractivity contribution in [3.8, 4) is 0 Å². The molecule has 2 fully saturated rings. The molecule has 0 atom stereocenters. The molecule has 0 spiro atoms. The number of rotatable bonds is 4. The first kappa shape index (κ1) is 10.9. The molecule has 2 aliphatic rings. The Hall–Kier alpha value is -0.570. The third kappa shape index (κ3) is 2.33. The maximum atomic E-state index is 5.95. The van der Waals surface area contributed by atoms with E-state index in [9.17, 15) is 0 Å². The molecule has 0 aromatic rings. The minimum atomic E-state index is 0.305. The van der Waals surface area contributed by atoms with Crippen molar-refractivity contribution in [1.82, 2.24) is 4.90 Å². The van der Waals surface area contributed by atoms with E-state index in [1.54, 1.807) is 0 Å². The summed E-state index contributed by atoms with van der Waals surface area (Å²) >= 11 is 0. The van der Waals surface area contributed by atoms with Crippen molar-refractivity contribution in [2.24, 2.45) is 16.6 Å². The summed E-state index contributed by atoms with van der Waals surface area (Å²) in [6.45, 7) is 0.905. The van der Waals surface area contributed by atoms with Crippen LogP contribution in [0.2, 0.25) is 0 Å². The molecule has 0 saturated heterocycles. The van der Waals surface area contributed by atoms with Crippen LogP contribution in [0, 0.1) is 5.92 Å². The second-order valence-corrected chi connectivity index (χ2v) is 5.34. The van der Waals surface area contributed by atoms with Gasteiger partial charge < -0.3 is 10.6 Å². The molecule has 2 N–H and O–H groups in total. The number of likely N-dealkylation sites (N-methyl/N-ethyl adjacent to an activating group) is 1. The van der Waals surface area contributed by atoms with Crippen LogP contribution in [0.15, 0.2) is 4.99 Å². The van der Waals surface area contributed by atoms with Gasteiger partial charge in [-0.05, 0) is 39.8 Å². The van der Waals surface area contributed by atoms with Gasteiger partial charge in [-0.2, -0.15) is 0 Å². The van der Waals surface area contributed by atoms with Crippen molar-refractivity contribution < 1.29 is 0 Å². The van der Waals surface area contributed by atoms with E-state index in [1.165, 1.54) is 38.5 Å². The molecule has 3 heteroatoms. The zero-order chi connectivity index (χ0) is 10.9. The molecule has 0 bridgehead atoms. The predicted octanol–water partition coefficient (Wildman–Crippen LogP) is 1.63. The average molecular weight is 209 g/mol. The normalized spacial score (nSPS) is 26.2. The Morgan fingerprint density at radius 3 is 2.40 bits per heavy atom. The second-order valence-electron chi connectivity index (χ2n) is 5.34. The first-order valence-corrected chi connectivity index (χ1v) is 6.11. The summed E-state index contributed by atoms with van der Waals surface area (Å²) in [5.41, 5.74) is 6.25. The smallest absolute Gasteiger partial charge is 0.0969 e. The molecule has 0 radical (unpaired) electrons. The fourth-order valence-electron chi connectivity index (χ4n) is 2.53. The minimum Gasteiger partial charge on any atom is -0.387 e. The Balaban J connectivity index is 1.97. The third-order valence-electron chi connectivity index (χ3n) is 4.03. The van der Waals surface area contributed by atoms with Gasteiger partial charge in [0.1, 0.15) is 0 Å². The van der Waals surface area contributed by atoms with Crippen molar-refractivity contribution in [3.05, 3.63) is 0 Å². The highest BCUT2D eigenvalue weighted by Gasteiger charge is 2.36. The Kier molecular flexibility index (Phi) is 3.01. The van der Waals surface area contributed by atoms with Gasteiger partial charge in [-0.25, -0.2) is 0 Å². The van der Waals surface area contributed by atoms with Gasteiger partial charge >= 0.3 is 0 Å². The number of nitrogens with two attached hydrogens (primary N) is 1. The van der Waals surface area contributed by atoms with Crippen molar-refractivity contribution in [3.63, 3.8) is 0 Å². The topological polar surface area (TPSA) is 41.6 Å². The number of hydrogen-bond acceptors (Lipinski definition) is 2. The lowest BCUT2D eigenvalue weighted by Crippen LogP contribution is -2.44. The quantitative estimate of drug-likeness (QED) is 0.565. The van der Waals surface area contributed by atoms with E-state index in [2.05, 4.69) is 24.0 Å². The van der Waals surface area contributed by atoms with Crippen LogP contribution in [0.1, 0.15) is 38.5 Å². The molecular formula is C12H23N3. The lowest BCUT2D eigenvalue weighted by Gasteiger charge is -2.35. The molecule has 86 valence electrons. The van der Waals surface area contributed by atoms with Crippen LogP contribution in [-0.4, -0.2) is 36.9 Å². The highest BCUT2D eigenvalue weighted by Crippen LogP contribution is 2.35. The molecule has 0 heterocycles. The summed E-state index contributed by atoms with van der Waals surface area (Å²) in [6.07, 6.45) is 7.76. The molecule has 0 aliphatic heterocycles. The Labute approximate surface area is 92.7 Å². The van der Waals surface area contributed by atoms with Crippen LogP contribution in [0.3, 0.4) is 0 Å². The van der Waals surface area contributed by atoms with Gasteiger partial charge in [-0.1, -0.05) is 12.8 Å². The molecule has 0 unspecified atom stereocenters. The molecule has 0 aromatic carbocycles. The molecule has 2 rings (SSSR count). The summed E-state index contributed by atoms with van der Waals surface area (Å²) < 4.78 is 0. The summed E-state index contributed by atoms with van der Waals surface area (Å²) in [4.78, 5) is 6.97. The van der Waals surface area contributed by atoms with Gasteiger partial charge in [-0.3, -0.25) is 4.99 Å². The van der Waals surface area contributed by atoms with Gasteiger partial charge in [0, 0.05) is 11.5 Å². The van der Waals surface area contributed by atoms with Crippen molar-refractivity contribution in [2.75, 3.05) is 20.6 Å². The molecule has 3 nitrogen and oxygen atoms in total. The average Bonchev–Trinajstić information content (AvgIpc) is 2.94. The van der Waals surface area contributed by atoms with Gasteiger partial charge in [0.25, 0.3) is 0 Å². The SMILES string of the molecule is CN(C)C1(CN=C(N)C2CC2)CCCC1. The molecule has 2 saturated carbocycles. The second kappa shape index (κ2) is 4.12. The highest BCUT2D eigenvalue weighted by atomic mass is 15.2. The Morgan fingerprint density at radius 2 is 1.93 bits per heavy atom. The lowest BCUT2D eigenvalue weighted by atomic mass is 9.96. The van der Waals surface area contributed by atoms with E-state index in [4.69, 9.17) is 5.73 Å². The lowest BCUT2D eigenvalue weighted by molar-refractivity contribution is 0.167. The Morgan fingerprint density at radius 1 is 1.33 bits per heavy atom. The molecule has 0 amide bonds. The number of nitrogens with zero attached hydrogens (tertiary/aromatic N) is 2. The van der Waals surface area contributed by atoms with Crippen LogP contribution in [-0.2, 0) is 0 Å². The maximum Gasteiger partial charge on any atom is 0.0969 e. The minimum absolute atomic E-state index is 0.305. The zero-order valence-corrected chi connectivity index (χ0v) is 10.00. The van der Waals surface area contributed by atoms with Gasteiger partial charge in [0.2, 0.25) is 0 Å². The monoisotopic (exact) mass is 209 g/mol. The van der Waals surface area contributed by atoms with E-state index in [0.717, 1.165) is 12.4 Å². The molecular weight excluding hydrogens is 186 g/mol. The largest absolute Gasteiger partial charge is 0.387 e. The first-order chi connectivity index (χ1) is 7.14. The Bertz CT molecular complexity index is 248. The van der Waals surface area contributed by atoms with Crippen LogP contribution >= 0.6 is 0 Å². The molecule has 0 aromatic heterocycles. The summed E-state index contributed by atoms with van der Waals surface area (Å²) in [5, 5.41) is 0. The van der Waals surface area contributed by atoms with Gasteiger partial charge in [0.05, 0.1) is 12.4 Å². The summed E-state index contributed by atoms with van der Waals surface area (Å²) in [6, 6.07) is 0. The van der Waals surface area contributed by atoms with Crippen LogP contribution in [0.5, 0.6) is 0 Å². The standard InChI is InChI=1S/C12H23N3/c1-15(2)12(7-3-4-8-12)9-14-11(13)10-5-6-10/h10H,3-9H2,1-2H3,(H2,13,14). The van der Waals surface area contributed by atoms with Gasteiger partial charge in [-0.15, -0.1) is 0 Å². The summed E-state index contributed by atoms with van der Waals surface area (Å²) in [7, 11) is 4.35. The van der Waals surface area contributed by atoms with E-state index < -0.39 is 0 Å². The van der Waals surface area contributed by atoms with Crippen LogP contribution in [0.4, 0.5) is 0 Å². The zero-order valence-electron chi connectivity index (χ0n) is 10.00. The predicted molar refractivity (Wildman–Crippen MR) is 64.1 cm³/mol. The number of aliphatic imine (C=N–C) groups is 1. The first-order valence-electron chi connectivity index (χ1n) is 6.11. The van der Waals surface area contributed by atoms with E-state index in [-0.39, 0.29) is 0 Å². The maximum absolute atomic E-state index is 5.95. The van der Waals surface area contributed by atoms with Crippen molar-refractivity contribution in [1.29, 1.82) is 0 Å². The highest BCUT2D eigenvalue weighted by molar-refractivity contribution is 5.84. The number of hydrogen-bond donors (Lipinski definition) is 1. The molecule has 2 aliphatic carbocycles. The van der Waals surface area contributed by atoms with Crippen molar-refractivity contribution in [2.45, 2.75) is 44.1 Å². The van der Waals surface area contributed by atoms with E-state index >= 15 is 0 Å². The molecule has 15 heavy (non-hydrogen) atoms. The number of amidine groups is 1. The summed E-state index contributed by atoms with van der Waals surface area (Å²) in [5.74, 6) is 1.52. The van der Waals surface area contributed by atoms with Crippen LogP contribution < -0.4 is 5.73 Å².